The molecule has 0 amide bonds. The van der Waals surface area contributed by atoms with Crippen LogP contribution < -0.4 is 10.4 Å². The molecule has 0 aliphatic heterocycles. The summed E-state index contributed by atoms with van der Waals surface area (Å²) in [4.78, 5) is 29.0. The molecule has 134 valence electrons. The van der Waals surface area contributed by atoms with Crippen LogP contribution in [0.3, 0.4) is 0 Å². The van der Waals surface area contributed by atoms with Crippen LogP contribution in [0.25, 0.3) is 0 Å². The first-order valence-corrected chi connectivity index (χ1v) is 8.86. The third-order valence-corrected chi connectivity index (χ3v) is 4.65. The number of nitroso groups, excluding NO2 is 1. The molecule has 0 saturated heterocycles. The van der Waals surface area contributed by atoms with Crippen LogP contribution >= 0.6 is 7.82 Å². The maximum absolute atomic E-state index is 11.2. The van der Waals surface area contributed by atoms with Gasteiger partial charge in [0, 0.05) is 31.1 Å². The summed E-state index contributed by atoms with van der Waals surface area (Å²) in [5, 5.41) is 10.3. The number of pyridine rings is 1. The van der Waals surface area contributed by atoms with E-state index in [0.29, 0.717) is 13.0 Å². The number of hydrogen-bond donors (Lipinski definition) is 4. The van der Waals surface area contributed by atoms with E-state index in [1.807, 2.05) is 0 Å². The van der Waals surface area contributed by atoms with Gasteiger partial charge in [-0.05, 0) is 6.42 Å². The number of aliphatic hydroxyl groups is 1. The minimum atomic E-state index is -4.59. The lowest BCUT2D eigenvalue weighted by Crippen LogP contribution is -2.42. The van der Waals surface area contributed by atoms with Crippen molar-refractivity contribution in [2.24, 2.45) is 17.7 Å². The van der Waals surface area contributed by atoms with Crippen LogP contribution in [0.2, 0.25) is 0 Å². The van der Waals surface area contributed by atoms with E-state index in [1.165, 1.54) is 7.11 Å². The molecule has 1 aliphatic rings. The smallest absolute Gasteiger partial charge is 0.390 e. The molecule has 1 saturated carbocycles. The van der Waals surface area contributed by atoms with Crippen molar-refractivity contribution in [2.45, 2.75) is 25.2 Å². The highest BCUT2D eigenvalue weighted by Crippen LogP contribution is 2.40. The monoisotopic (exact) mass is 363 g/mol. The minimum absolute atomic E-state index is 0.117. The molecule has 4 atom stereocenters. The molecule has 1 aromatic rings. The van der Waals surface area contributed by atoms with Crippen LogP contribution in [0.5, 0.6) is 0 Å². The van der Waals surface area contributed by atoms with Crippen LogP contribution in [-0.2, 0) is 20.4 Å². The maximum Gasteiger partial charge on any atom is 0.469 e. The van der Waals surface area contributed by atoms with Gasteiger partial charge in [-0.2, -0.15) is 10.4 Å². The standard InChI is InChI=1S/C13H20N3O7P/c1-22-13-9(5-10(12(13)17)8-23-24(19,20)21)6-15-4-2-3-11(7-15)16(14)18/h2-4,7,9-10,12-13,17H,5-6,8H2,1H3,(H2-2,14,18,19,20,21)/p+2. The van der Waals surface area contributed by atoms with Crippen molar-refractivity contribution in [1.82, 2.24) is 0 Å². The number of hydrazine groups is 1. The summed E-state index contributed by atoms with van der Waals surface area (Å²) in [6.45, 7) is 0.188. The first kappa shape index (κ1) is 18.9. The number of aliphatic hydroxyl groups excluding tert-OH is 1. The fourth-order valence-electron chi connectivity index (χ4n) is 3.10. The molecule has 1 fully saturated rings. The first-order valence-electron chi connectivity index (χ1n) is 7.33. The molecule has 0 bridgehead atoms. The molecule has 0 aromatic carbocycles. The zero-order valence-corrected chi connectivity index (χ0v) is 14.0. The quantitative estimate of drug-likeness (QED) is 0.217. The second-order valence-electron chi connectivity index (χ2n) is 5.82. The minimum Gasteiger partial charge on any atom is -0.390 e. The van der Waals surface area contributed by atoms with Crippen molar-refractivity contribution in [1.29, 1.82) is 0 Å². The Kier molecular flexibility index (Phi) is 6.02. The molecular formula is C13H22N3O7P+2. The zero-order valence-electron chi connectivity index (χ0n) is 13.1. The Hall–Kier alpha value is -1.42. The molecule has 4 unspecified atom stereocenters. The van der Waals surface area contributed by atoms with Crippen LogP contribution in [-0.4, -0.2) is 45.7 Å². The molecule has 0 radical (unpaired) electrons. The van der Waals surface area contributed by atoms with Crippen molar-refractivity contribution in [2.75, 3.05) is 13.7 Å². The molecule has 0 spiro atoms. The van der Waals surface area contributed by atoms with Crippen molar-refractivity contribution >= 4 is 13.5 Å². The summed E-state index contributed by atoms with van der Waals surface area (Å²) in [6, 6.07) is 3.24. The number of phosphoric acid groups is 1. The van der Waals surface area contributed by atoms with E-state index in [-0.39, 0.29) is 23.1 Å². The molecule has 1 heterocycles. The lowest BCUT2D eigenvalue weighted by molar-refractivity contribution is -0.707. The van der Waals surface area contributed by atoms with Gasteiger partial charge in [0.2, 0.25) is 6.20 Å². The number of methoxy groups -OCH3 is 1. The normalized spacial score (nSPS) is 27.3. The molecule has 1 aromatic heterocycles. The van der Waals surface area contributed by atoms with E-state index < -0.39 is 25.9 Å². The van der Waals surface area contributed by atoms with Crippen LogP contribution in [0.15, 0.2) is 24.5 Å². The Morgan fingerprint density at radius 3 is 2.75 bits per heavy atom. The molecule has 11 heteroatoms. The number of phosphoric ester groups is 1. The predicted molar refractivity (Wildman–Crippen MR) is 80.5 cm³/mol. The molecule has 1 aliphatic carbocycles. The van der Waals surface area contributed by atoms with Gasteiger partial charge in [0.1, 0.15) is 0 Å². The summed E-state index contributed by atoms with van der Waals surface area (Å²) in [7, 11) is -3.12. The Morgan fingerprint density at radius 2 is 2.17 bits per heavy atom. The summed E-state index contributed by atoms with van der Waals surface area (Å²) in [5.41, 5.74) is 0.284. The van der Waals surface area contributed by atoms with E-state index >= 15 is 0 Å². The Morgan fingerprint density at radius 1 is 1.46 bits per heavy atom. The summed E-state index contributed by atoms with van der Waals surface area (Å²) in [5.74, 6) is 4.60. The van der Waals surface area contributed by atoms with E-state index in [4.69, 9.17) is 20.4 Å². The largest absolute Gasteiger partial charge is 0.469 e. The highest BCUT2D eigenvalue weighted by molar-refractivity contribution is 7.46. The lowest BCUT2D eigenvalue weighted by Gasteiger charge is -2.20. The van der Waals surface area contributed by atoms with Crippen LogP contribution in [0.1, 0.15) is 6.42 Å². The molecule has 2 rings (SSSR count). The molecule has 24 heavy (non-hydrogen) atoms. The third-order valence-electron chi connectivity index (χ3n) is 4.16. The number of nitrogens with zero attached hydrogens (tertiary/aromatic N) is 2. The van der Waals surface area contributed by atoms with E-state index in [2.05, 4.69) is 4.52 Å². The van der Waals surface area contributed by atoms with E-state index in [0.717, 1.165) is 0 Å². The maximum atomic E-state index is 11.2. The summed E-state index contributed by atoms with van der Waals surface area (Å²) >= 11 is 0. The highest BCUT2D eigenvalue weighted by Gasteiger charge is 2.45. The number of ether oxygens (including phenoxy) is 1. The van der Waals surface area contributed by atoms with Crippen molar-refractivity contribution < 1.29 is 38.2 Å². The fraction of sp³-hybridized carbons (Fsp3) is 0.615. The lowest BCUT2D eigenvalue weighted by atomic mass is 10.0. The van der Waals surface area contributed by atoms with Crippen molar-refractivity contribution in [3.8, 4) is 0 Å². The van der Waals surface area contributed by atoms with Gasteiger partial charge >= 0.3 is 13.5 Å². The van der Waals surface area contributed by atoms with Gasteiger partial charge in [0.25, 0.3) is 0 Å². The predicted octanol–water partition coefficient (Wildman–Crippen LogP) is -0.620. The molecular weight excluding hydrogens is 341 g/mol. The fourth-order valence-corrected chi connectivity index (χ4v) is 3.49. The average Bonchev–Trinajstić information content (AvgIpc) is 2.80. The van der Waals surface area contributed by atoms with Gasteiger partial charge in [0.05, 0.1) is 23.7 Å². The Bertz CT molecular complexity index is 638. The van der Waals surface area contributed by atoms with Gasteiger partial charge in [-0.1, -0.05) is 0 Å². The topological polar surface area (TPSA) is 146 Å². The van der Waals surface area contributed by atoms with Crippen LogP contribution in [0, 0.1) is 16.7 Å². The van der Waals surface area contributed by atoms with Crippen molar-refractivity contribution in [3.05, 3.63) is 29.4 Å². The molecule has 5 N–H and O–H groups in total. The first-order chi connectivity index (χ1) is 11.2. The van der Waals surface area contributed by atoms with Gasteiger partial charge in [-0.25, -0.2) is 4.57 Å². The summed E-state index contributed by atoms with van der Waals surface area (Å²) in [6.07, 6.45) is 2.38. The van der Waals surface area contributed by atoms with E-state index in [9.17, 15) is 14.6 Å². The van der Waals surface area contributed by atoms with Gasteiger partial charge in [-0.15, -0.1) is 0 Å². The van der Waals surface area contributed by atoms with E-state index in [1.54, 1.807) is 29.1 Å². The molecule has 10 nitrogen and oxygen atoms in total. The van der Waals surface area contributed by atoms with Gasteiger partial charge in [-0.3, -0.25) is 4.52 Å². The number of rotatable bonds is 7. The SMILES string of the molecule is COC1C(C[n+]2cccc([N+](N)=O)c2)CC(COP(=O)(O)O)C1O. The average molecular weight is 363 g/mol. The third kappa shape index (κ3) is 4.79. The zero-order chi connectivity index (χ0) is 17.9. The van der Waals surface area contributed by atoms with Crippen molar-refractivity contribution in [3.63, 3.8) is 0 Å². The number of aromatic nitrogens is 1. The van der Waals surface area contributed by atoms with Crippen LogP contribution in [0.4, 0.5) is 5.69 Å². The second-order valence-corrected chi connectivity index (χ2v) is 7.06. The summed E-state index contributed by atoms with van der Waals surface area (Å²) < 4.78 is 22.4. The number of nitrogens with two attached hydrogens (primary N) is 1. The highest BCUT2D eigenvalue weighted by atomic mass is 31.2. The number of hydrogen-bond acceptors (Lipinski definition) is 5. The van der Waals surface area contributed by atoms with Gasteiger partial charge in [0.15, 0.2) is 17.6 Å². The Balaban J connectivity index is 2.07. The Labute approximate surface area is 138 Å². The van der Waals surface area contributed by atoms with Gasteiger partial charge < -0.3 is 19.6 Å². The second kappa shape index (κ2) is 7.64.